The summed E-state index contributed by atoms with van der Waals surface area (Å²) < 4.78 is 32.5. The third-order valence-electron chi connectivity index (χ3n) is 2.53. The van der Waals surface area contributed by atoms with E-state index in [1.807, 2.05) is 0 Å². The summed E-state index contributed by atoms with van der Waals surface area (Å²) in [6.07, 6.45) is -0.579. The number of hydrogen-bond acceptors (Lipinski definition) is 3. The topological polar surface area (TPSA) is 59.3 Å². The number of hydrogen-bond donors (Lipinski definition) is 1. The first-order chi connectivity index (χ1) is 9.93. The lowest BCUT2D eigenvalue weighted by molar-refractivity contribution is 0.344. The molecule has 1 unspecified atom stereocenters. The summed E-state index contributed by atoms with van der Waals surface area (Å²) in [6, 6.07) is 2.20. The number of benzene rings is 1. The van der Waals surface area contributed by atoms with Crippen LogP contribution in [0.15, 0.2) is 23.3 Å². The van der Waals surface area contributed by atoms with Gasteiger partial charge in [0.25, 0.3) is 5.56 Å². The number of nitrogens with one attached hydrogen (secondary N) is 1. The summed E-state index contributed by atoms with van der Waals surface area (Å²) in [7, 11) is 0. The molecule has 2 aromatic rings. The van der Waals surface area contributed by atoms with Crippen LogP contribution < -0.4 is 10.3 Å². The SMILES string of the molecule is [C-]#[N+]c1cc(Cl)cc(Oc2c(C(C)F)nc[nH]c2=O)c1F. The van der Waals surface area contributed by atoms with E-state index in [1.165, 1.54) is 0 Å². The van der Waals surface area contributed by atoms with E-state index in [1.54, 1.807) is 0 Å². The van der Waals surface area contributed by atoms with Gasteiger partial charge < -0.3 is 9.72 Å². The molecule has 21 heavy (non-hydrogen) atoms. The van der Waals surface area contributed by atoms with Crippen LogP contribution in [-0.2, 0) is 0 Å². The zero-order valence-electron chi connectivity index (χ0n) is 10.7. The maximum atomic E-state index is 14.0. The van der Waals surface area contributed by atoms with Gasteiger partial charge in [-0.1, -0.05) is 11.6 Å². The van der Waals surface area contributed by atoms with E-state index in [-0.39, 0.29) is 16.4 Å². The van der Waals surface area contributed by atoms with E-state index in [9.17, 15) is 13.6 Å². The van der Waals surface area contributed by atoms with Gasteiger partial charge in [-0.2, -0.15) is 0 Å². The normalized spacial score (nSPS) is 11.8. The zero-order chi connectivity index (χ0) is 15.6. The van der Waals surface area contributed by atoms with Gasteiger partial charge in [0, 0.05) is 5.02 Å². The van der Waals surface area contributed by atoms with Crippen molar-refractivity contribution >= 4 is 17.3 Å². The van der Waals surface area contributed by atoms with Crippen LogP contribution in [0, 0.1) is 12.4 Å². The molecule has 0 saturated carbocycles. The lowest BCUT2D eigenvalue weighted by Crippen LogP contribution is -2.13. The van der Waals surface area contributed by atoms with Crippen LogP contribution in [0.25, 0.3) is 4.85 Å². The molecule has 1 atom stereocenters. The highest BCUT2D eigenvalue weighted by molar-refractivity contribution is 6.31. The van der Waals surface area contributed by atoms with Crippen LogP contribution in [0.5, 0.6) is 11.5 Å². The summed E-state index contributed by atoms with van der Waals surface area (Å²) >= 11 is 5.74. The third kappa shape index (κ3) is 3.01. The molecule has 0 radical (unpaired) electrons. The number of ether oxygens (including phenoxy) is 1. The molecule has 0 bridgehead atoms. The van der Waals surface area contributed by atoms with Crippen molar-refractivity contribution in [2.75, 3.05) is 0 Å². The van der Waals surface area contributed by atoms with Crippen LogP contribution in [0.2, 0.25) is 5.02 Å². The Hall–Kier alpha value is -2.46. The summed E-state index contributed by atoms with van der Waals surface area (Å²) in [5.41, 5.74) is -1.41. The third-order valence-corrected chi connectivity index (χ3v) is 2.75. The average molecular weight is 312 g/mol. The van der Waals surface area contributed by atoms with Gasteiger partial charge in [0.15, 0.2) is 11.6 Å². The lowest BCUT2D eigenvalue weighted by atomic mass is 10.2. The van der Waals surface area contributed by atoms with E-state index >= 15 is 0 Å². The highest BCUT2D eigenvalue weighted by Crippen LogP contribution is 2.35. The number of halogens is 3. The first-order valence-corrected chi connectivity index (χ1v) is 6.07. The number of nitrogens with zero attached hydrogens (tertiary/aromatic N) is 2. The van der Waals surface area contributed by atoms with Crippen molar-refractivity contribution in [1.82, 2.24) is 9.97 Å². The van der Waals surface area contributed by atoms with Gasteiger partial charge in [0.1, 0.15) is 11.9 Å². The fourth-order valence-corrected chi connectivity index (χ4v) is 1.80. The number of alkyl halides is 1. The quantitative estimate of drug-likeness (QED) is 0.874. The summed E-state index contributed by atoms with van der Waals surface area (Å²) in [5.74, 6) is -1.92. The first-order valence-electron chi connectivity index (χ1n) is 5.70. The van der Waals surface area contributed by atoms with Crippen molar-refractivity contribution in [1.29, 1.82) is 0 Å². The van der Waals surface area contributed by atoms with Crippen molar-refractivity contribution in [2.24, 2.45) is 0 Å². The fourth-order valence-electron chi connectivity index (χ4n) is 1.60. The van der Waals surface area contributed by atoms with Crippen molar-refractivity contribution in [3.05, 3.63) is 56.8 Å². The second-order valence-corrected chi connectivity index (χ2v) is 4.45. The van der Waals surface area contributed by atoms with Crippen LogP contribution in [0.1, 0.15) is 18.8 Å². The van der Waals surface area contributed by atoms with Crippen molar-refractivity contribution in [3.8, 4) is 11.5 Å². The standard InChI is InChI=1S/C13H8ClF2N3O2/c1-6(15)11-12(13(20)19-5-18-11)21-9-4-7(14)3-8(17-2)10(9)16/h3-6H,1H3,(H,18,19,20). The van der Waals surface area contributed by atoms with Crippen molar-refractivity contribution in [2.45, 2.75) is 13.1 Å². The smallest absolute Gasteiger partial charge is 0.294 e. The van der Waals surface area contributed by atoms with E-state index in [0.29, 0.717) is 0 Å². The second kappa shape index (κ2) is 5.89. The number of H-pyrrole nitrogens is 1. The average Bonchev–Trinajstić information content (AvgIpc) is 2.44. The molecule has 1 aromatic carbocycles. The lowest BCUT2D eigenvalue weighted by Gasteiger charge is -2.11. The second-order valence-electron chi connectivity index (χ2n) is 4.01. The molecule has 0 aliphatic carbocycles. The number of rotatable bonds is 3. The molecular formula is C13H8ClF2N3O2. The van der Waals surface area contributed by atoms with E-state index in [4.69, 9.17) is 22.9 Å². The minimum Gasteiger partial charge on any atom is -0.448 e. The Bertz CT molecular complexity index is 784. The van der Waals surface area contributed by atoms with E-state index < -0.39 is 29.0 Å². The molecule has 0 spiro atoms. The summed E-state index contributed by atoms with van der Waals surface area (Å²) in [6.45, 7) is 8.00. The van der Waals surface area contributed by atoms with E-state index in [0.717, 1.165) is 25.4 Å². The Labute approximate surface area is 123 Å². The molecule has 5 nitrogen and oxygen atoms in total. The van der Waals surface area contributed by atoms with Gasteiger partial charge in [0.05, 0.1) is 12.9 Å². The Kier molecular flexibility index (Phi) is 4.19. The highest BCUT2D eigenvalue weighted by atomic mass is 35.5. The molecule has 0 amide bonds. The Balaban J connectivity index is 2.57. The minimum absolute atomic E-state index is 0.0487. The molecule has 0 fully saturated rings. The van der Waals surface area contributed by atoms with Gasteiger partial charge in [-0.25, -0.2) is 18.6 Å². The van der Waals surface area contributed by atoms with Gasteiger partial charge in [-0.3, -0.25) is 4.79 Å². The maximum Gasteiger partial charge on any atom is 0.294 e. The number of aromatic nitrogens is 2. The minimum atomic E-state index is -1.59. The van der Waals surface area contributed by atoms with Crippen molar-refractivity contribution < 1.29 is 13.5 Å². The Morgan fingerprint density at radius 2 is 2.24 bits per heavy atom. The Morgan fingerprint density at radius 3 is 2.86 bits per heavy atom. The maximum absolute atomic E-state index is 14.0. The molecule has 0 saturated heterocycles. The molecule has 8 heteroatoms. The molecule has 2 rings (SSSR count). The van der Waals surface area contributed by atoms with Crippen molar-refractivity contribution in [3.63, 3.8) is 0 Å². The molecule has 0 aliphatic rings. The molecule has 1 aromatic heterocycles. The predicted molar refractivity (Wildman–Crippen MR) is 72.1 cm³/mol. The fraction of sp³-hybridized carbons (Fsp3) is 0.154. The first kappa shape index (κ1) is 14.9. The van der Waals surface area contributed by atoms with Crippen LogP contribution in [0.3, 0.4) is 0 Å². The molecule has 1 heterocycles. The van der Waals surface area contributed by atoms with Gasteiger partial charge >= 0.3 is 0 Å². The van der Waals surface area contributed by atoms with Crippen LogP contribution >= 0.6 is 11.6 Å². The van der Waals surface area contributed by atoms with Gasteiger partial charge in [-0.05, 0) is 19.1 Å². The summed E-state index contributed by atoms with van der Waals surface area (Å²) in [5, 5.41) is 0.0487. The zero-order valence-corrected chi connectivity index (χ0v) is 11.4. The Morgan fingerprint density at radius 1 is 1.52 bits per heavy atom. The highest BCUT2D eigenvalue weighted by Gasteiger charge is 2.20. The molecular weight excluding hydrogens is 304 g/mol. The van der Waals surface area contributed by atoms with Crippen LogP contribution in [-0.4, -0.2) is 9.97 Å². The molecule has 0 aliphatic heterocycles. The van der Waals surface area contributed by atoms with Gasteiger partial charge in [-0.15, -0.1) is 0 Å². The molecule has 108 valence electrons. The van der Waals surface area contributed by atoms with Gasteiger partial charge in [0.2, 0.25) is 11.4 Å². The number of aromatic amines is 1. The van der Waals surface area contributed by atoms with Crippen LogP contribution in [0.4, 0.5) is 14.5 Å². The summed E-state index contributed by atoms with van der Waals surface area (Å²) in [4.78, 5) is 20.5. The molecule has 1 N–H and O–H groups in total. The van der Waals surface area contributed by atoms with E-state index in [2.05, 4.69) is 14.8 Å². The predicted octanol–water partition coefficient (Wildman–Crippen LogP) is 3.94. The largest absolute Gasteiger partial charge is 0.448 e. The monoisotopic (exact) mass is 311 g/mol.